The highest BCUT2D eigenvalue weighted by molar-refractivity contribution is 9.10. The normalized spacial score (nSPS) is 11.0. The molecule has 3 N–H and O–H groups in total. The second-order valence-corrected chi connectivity index (χ2v) is 5.76. The van der Waals surface area contributed by atoms with Crippen LogP contribution in [0.4, 0.5) is 5.69 Å². The van der Waals surface area contributed by atoms with Gasteiger partial charge in [0, 0.05) is 20.2 Å². The highest BCUT2D eigenvalue weighted by atomic mass is 79.9. The van der Waals surface area contributed by atoms with Crippen LogP contribution in [0.25, 0.3) is 22.4 Å². The molecule has 1 aromatic heterocycles. The summed E-state index contributed by atoms with van der Waals surface area (Å²) in [6, 6.07) is 11.6. The summed E-state index contributed by atoms with van der Waals surface area (Å²) >= 11 is 6.96. The summed E-state index contributed by atoms with van der Waals surface area (Å²) in [5.74, 6) is 0.808. The molecule has 0 bridgehead atoms. The number of rotatable bonds is 1. The molecule has 18 heavy (non-hydrogen) atoms. The molecule has 0 spiro atoms. The van der Waals surface area contributed by atoms with E-state index in [0.717, 1.165) is 37.1 Å². The lowest BCUT2D eigenvalue weighted by Gasteiger charge is -2.01. The van der Waals surface area contributed by atoms with Crippen LogP contribution in [0.1, 0.15) is 0 Å². The zero-order valence-electron chi connectivity index (χ0n) is 9.24. The fraction of sp³-hybridized carbons (Fsp3) is 0. The quantitative estimate of drug-likeness (QED) is 0.629. The summed E-state index contributed by atoms with van der Waals surface area (Å²) in [6.45, 7) is 0. The predicted octanol–water partition coefficient (Wildman–Crippen LogP) is 4.34. The van der Waals surface area contributed by atoms with Crippen LogP contribution >= 0.6 is 31.9 Å². The van der Waals surface area contributed by atoms with Crippen LogP contribution in [0.5, 0.6) is 0 Å². The Labute approximate surface area is 121 Å². The van der Waals surface area contributed by atoms with Crippen LogP contribution in [-0.4, -0.2) is 9.97 Å². The molecule has 0 atom stereocenters. The number of nitrogens with two attached hydrogens (primary N) is 1. The van der Waals surface area contributed by atoms with Crippen LogP contribution in [0.2, 0.25) is 0 Å². The minimum atomic E-state index is 0.717. The molecule has 0 aliphatic heterocycles. The van der Waals surface area contributed by atoms with Gasteiger partial charge in [0.1, 0.15) is 5.82 Å². The van der Waals surface area contributed by atoms with Gasteiger partial charge in [-0.25, -0.2) is 4.98 Å². The highest BCUT2D eigenvalue weighted by Gasteiger charge is 2.09. The van der Waals surface area contributed by atoms with Crippen LogP contribution in [0.3, 0.4) is 0 Å². The number of anilines is 1. The van der Waals surface area contributed by atoms with E-state index in [0.29, 0.717) is 0 Å². The minimum Gasteiger partial charge on any atom is -0.399 e. The van der Waals surface area contributed by atoms with Crippen molar-refractivity contribution >= 4 is 48.6 Å². The number of aromatic nitrogens is 2. The molecular weight excluding hydrogens is 358 g/mol. The molecule has 3 nitrogen and oxygen atoms in total. The number of imidazole rings is 1. The molecule has 2 aromatic carbocycles. The molecule has 5 heteroatoms. The van der Waals surface area contributed by atoms with Gasteiger partial charge < -0.3 is 10.7 Å². The number of fused-ring (bicyclic) bond motifs is 1. The van der Waals surface area contributed by atoms with Gasteiger partial charge in [0.2, 0.25) is 0 Å². The zero-order chi connectivity index (χ0) is 12.7. The fourth-order valence-electron chi connectivity index (χ4n) is 1.83. The molecule has 0 aliphatic rings. The van der Waals surface area contributed by atoms with Crippen molar-refractivity contribution < 1.29 is 0 Å². The van der Waals surface area contributed by atoms with Crippen molar-refractivity contribution in [3.63, 3.8) is 0 Å². The van der Waals surface area contributed by atoms with Crippen molar-refractivity contribution in [1.82, 2.24) is 9.97 Å². The van der Waals surface area contributed by atoms with Gasteiger partial charge in [0.25, 0.3) is 0 Å². The van der Waals surface area contributed by atoms with Gasteiger partial charge in [-0.05, 0) is 36.4 Å². The molecule has 0 radical (unpaired) electrons. The Morgan fingerprint density at radius 2 is 1.89 bits per heavy atom. The maximum Gasteiger partial charge on any atom is 0.139 e. The SMILES string of the molecule is Nc1ccc(Br)c(-c2nc3ccc(Br)cc3[nH]2)c1. The zero-order valence-corrected chi connectivity index (χ0v) is 12.4. The summed E-state index contributed by atoms with van der Waals surface area (Å²) in [5.41, 5.74) is 9.42. The first kappa shape index (κ1) is 11.7. The van der Waals surface area contributed by atoms with Crippen LogP contribution in [-0.2, 0) is 0 Å². The predicted molar refractivity (Wildman–Crippen MR) is 81.3 cm³/mol. The number of hydrogen-bond acceptors (Lipinski definition) is 2. The van der Waals surface area contributed by atoms with E-state index in [4.69, 9.17) is 5.73 Å². The average molecular weight is 367 g/mol. The first-order chi connectivity index (χ1) is 8.63. The van der Waals surface area contributed by atoms with E-state index in [-0.39, 0.29) is 0 Å². The number of nitrogens with zero attached hydrogens (tertiary/aromatic N) is 1. The van der Waals surface area contributed by atoms with Gasteiger partial charge in [0.15, 0.2) is 0 Å². The smallest absolute Gasteiger partial charge is 0.139 e. The van der Waals surface area contributed by atoms with Crippen molar-refractivity contribution in [2.45, 2.75) is 0 Å². The molecule has 0 saturated heterocycles. The van der Waals surface area contributed by atoms with Crippen LogP contribution < -0.4 is 5.73 Å². The van der Waals surface area contributed by atoms with Crippen molar-refractivity contribution in [3.8, 4) is 11.4 Å². The lowest BCUT2D eigenvalue weighted by atomic mass is 10.2. The van der Waals surface area contributed by atoms with E-state index >= 15 is 0 Å². The number of H-pyrrole nitrogens is 1. The molecule has 0 unspecified atom stereocenters. The Morgan fingerprint density at radius 1 is 1.06 bits per heavy atom. The van der Waals surface area contributed by atoms with E-state index in [9.17, 15) is 0 Å². The molecule has 1 heterocycles. The fourth-order valence-corrected chi connectivity index (χ4v) is 2.63. The van der Waals surface area contributed by atoms with E-state index < -0.39 is 0 Å². The molecule has 90 valence electrons. The number of aromatic amines is 1. The maximum absolute atomic E-state index is 5.81. The second kappa shape index (κ2) is 4.40. The van der Waals surface area contributed by atoms with Gasteiger partial charge in [-0.15, -0.1) is 0 Å². The molecule has 0 saturated carbocycles. The van der Waals surface area contributed by atoms with Crippen molar-refractivity contribution in [1.29, 1.82) is 0 Å². The third-order valence-electron chi connectivity index (χ3n) is 2.69. The van der Waals surface area contributed by atoms with E-state index in [1.54, 1.807) is 0 Å². The standard InChI is InChI=1S/C13H9Br2N3/c14-7-1-4-11-12(5-7)18-13(17-11)9-6-8(16)2-3-10(9)15/h1-6H,16H2,(H,17,18). The van der Waals surface area contributed by atoms with Gasteiger partial charge in [-0.2, -0.15) is 0 Å². The van der Waals surface area contributed by atoms with E-state index in [1.165, 1.54) is 0 Å². The first-order valence-corrected chi connectivity index (χ1v) is 6.93. The number of nitrogen functional groups attached to an aromatic ring is 1. The Morgan fingerprint density at radius 3 is 2.72 bits per heavy atom. The van der Waals surface area contributed by atoms with Gasteiger partial charge in [-0.3, -0.25) is 0 Å². The van der Waals surface area contributed by atoms with Crippen LogP contribution in [0.15, 0.2) is 45.3 Å². The summed E-state index contributed by atoms with van der Waals surface area (Å²) in [5, 5.41) is 0. The summed E-state index contributed by atoms with van der Waals surface area (Å²) in [6.07, 6.45) is 0. The number of halogens is 2. The second-order valence-electron chi connectivity index (χ2n) is 3.99. The first-order valence-electron chi connectivity index (χ1n) is 5.34. The number of nitrogens with one attached hydrogen (secondary N) is 1. The summed E-state index contributed by atoms with van der Waals surface area (Å²) in [4.78, 5) is 7.86. The largest absolute Gasteiger partial charge is 0.399 e. The number of hydrogen-bond donors (Lipinski definition) is 2. The lowest BCUT2D eigenvalue weighted by Crippen LogP contribution is -1.88. The third-order valence-corrected chi connectivity index (χ3v) is 3.87. The third kappa shape index (κ3) is 2.04. The Balaban J connectivity index is 2.22. The average Bonchev–Trinajstić information content (AvgIpc) is 2.74. The van der Waals surface area contributed by atoms with Gasteiger partial charge in [0.05, 0.1) is 11.0 Å². The van der Waals surface area contributed by atoms with Crippen LogP contribution in [0, 0.1) is 0 Å². The van der Waals surface area contributed by atoms with Crippen molar-refractivity contribution in [2.75, 3.05) is 5.73 Å². The summed E-state index contributed by atoms with van der Waals surface area (Å²) in [7, 11) is 0. The maximum atomic E-state index is 5.81. The Kier molecular flexibility index (Phi) is 2.87. The minimum absolute atomic E-state index is 0.717. The molecule has 3 rings (SSSR count). The van der Waals surface area contributed by atoms with E-state index in [1.807, 2.05) is 36.4 Å². The number of benzene rings is 2. The van der Waals surface area contributed by atoms with Gasteiger partial charge in [-0.1, -0.05) is 31.9 Å². The Bertz CT molecular complexity index is 734. The summed E-state index contributed by atoms with van der Waals surface area (Å²) < 4.78 is 1.99. The van der Waals surface area contributed by atoms with Crippen molar-refractivity contribution in [2.24, 2.45) is 0 Å². The lowest BCUT2D eigenvalue weighted by molar-refractivity contribution is 1.33. The molecule has 0 aliphatic carbocycles. The van der Waals surface area contributed by atoms with Gasteiger partial charge >= 0.3 is 0 Å². The van der Waals surface area contributed by atoms with E-state index in [2.05, 4.69) is 41.8 Å². The molecule has 0 fully saturated rings. The molecular formula is C13H9Br2N3. The molecule has 0 amide bonds. The topological polar surface area (TPSA) is 54.7 Å². The highest BCUT2D eigenvalue weighted by Crippen LogP contribution is 2.30. The monoisotopic (exact) mass is 365 g/mol. The molecule has 3 aromatic rings. The Hall–Kier alpha value is -1.33. The van der Waals surface area contributed by atoms with Crippen molar-refractivity contribution in [3.05, 3.63) is 45.3 Å².